The van der Waals surface area contributed by atoms with Crippen molar-refractivity contribution in [2.75, 3.05) is 24.6 Å². The van der Waals surface area contributed by atoms with Crippen molar-refractivity contribution in [1.82, 2.24) is 10.2 Å². The minimum absolute atomic E-state index is 0.0870. The lowest BCUT2D eigenvalue weighted by atomic mass is 9.73. The van der Waals surface area contributed by atoms with E-state index in [0.29, 0.717) is 21.5 Å². The standard InChI is InChI=1S/C21H30Cl2N2OS/c1-2-10-27-14-15-11-16(12-15)20(25-8-4-3-5-9-25)24-21(26)18-7-6-17(22)13-19(18)23/h6-7,13,15-16,20H,2-5,8-12,14H2,1H3,(H,24,26). The van der Waals surface area contributed by atoms with Crippen molar-refractivity contribution in [3.8, 4) is 0 Å². The molecule has 1 unspecified atom stereocenters. The van der Waals surface area contributed by atoms with Crippen molar-refractivity contribution in [3.05, 3.63) is 33.8 Å². The average molecular weight is 429 g/mol. The number of benzene rings is 1. The van der Waals surface area contributed by atoms with Crippen LogP contribution < -0.4 is 5.32 Å². The Morgan fingerprint density at radius 1 is 1.26 bits per heavy atom. The molecule has 1 atom stereocenters. The van der Waals surface area contributed by atoms with E-state index >= 15 is 0 Å². The number of hydrogen-bond acceptors (Lipinski definition) is 3. The summed E-state index contributed by atoms with van der Waals surface area (Å²) in [5.74, 6) is 3.77. The Morgan fingerprint density at radius 2 is 2.00 bits per heavy atom. The van der Waals surface area contributed by atoms with Gasteiger partial charge < -0.3 is 5.32 Å². The molecule has 1 aromatic rings. The maximum atomic E-state index is 12.9. The van der Waals surface area contributed by atoms with Crippen LogP contribution >= 0.6 is 35.0 Å². The van der Waals surface area contributed by atoms with Crippen LogP contribution in [0.15, 0.2) is 18.2 Å². The van der Waals surface area contributed by atoms with Crippen LogP contribution in [0.25, 0.3) is 0 Å². The first-order chi connectivity index (χ1) is 13.1. The molecule has 6 heteroatoms. The number of likely N-dealkylation sites (tertiary alicyclic amines) is 1. The van der Waals surface area contributed by atoms with Gasteiger partial charge in [-0.15, -0.1) is 0 Å². The van der Waals surface area contributed by atoms with Gasteiger partial charge in [0.25, 0.3) is 5.91 Å². The van der Waals surface area contributed by atoms with E-state index in [9.17, 15) is 4.79 Å². The molecule has 1 aliphatic heterocycles. The molecule has 0 radical (unpaired) electrons. The summed E-state index contributed by atoms with van der Waals surface area (Å²) < 4.78 is 0. The third-order valence-electron chi connectivity index (χ3n) is 5.66. The van der Waals surface area contributed by atoms with Crippen LogP contribution in [-0.2, 0) is 0 Å². The van der Waals surface area contributed by atoms with Crippen molar-refractivity contribution in [1.29, 1.82) is 0 Å². The highest BCUT2D eigenvalue weighted by Crippen LogP contribution is 2.40. The predicted molar refractivity (Wildman–Crippen MR) is 117 cm³/mol. The largest absolute Gasteiger partial charge is 0.336 e. The van der Waals surface area contributed by atoms with Crippen molar-refractivity contribution in [3.63, 3.8) is 0 Å². The number of rotatable bonds is 8. The number of carbonyl (C=O) groups is 1. The number of piperidine rings is 1. The van der Waals surface area contributed by atoms with E-state index in [1.807, 2.05) is 0 Å². The smallest absolute Gasteiger partial charge is 0.254 e. The molecule has 27 heavy (non-hydrogen) atoms. The highest BCUT2D eigenvalue weighted by molar-refractivity contribution is 7.99. The summed E-state index contributed by atoms with van der Waals surface area (Å²) in [7, 11) is 0. The zero-order valence-corrected chi connectivity index (χ0v) is 18.4. The second-order valence-corrected chi connectivity index (χ2v) is 9.80. The molecule has 1 amide bonds. The molecule has 1 aliphatic carbocycles. The van der Waals surface area contributed by atoms with Crippen molar-refractivity contribution in [2.24, 2.45) is 11.8 Å². The summed E-state index contributed by atoms with van der Waals surface area (Å²) in [6.45, 7) is 4.39. The number of thioether (sulfide) groups is 1. The van der Waals surface area contributed by atoms with Crippen LogP contribution in [0.1, 0.15) is 55.8 Å². The van der Waals surface area contributed by atoms with Gasteiger partial charge in [0, 0.05) is 18.1 Å². The summed E-state index contributed by atoms with van der Waals surface area (Å²) >= 11 is 14.3. The zero-order valence-electron chi connectivity index (χ0n) is 16.1. The zero-order chi connectivity index (χ0) is 19.2. The van der Waals surface area contributed by atoms with Gasteiger partial charge in [0.05, 0.1) is 16.8 Å². The second kappa shape index (κ2) is 10.4. The normalized spacial score (nSPS) is 24.3. The molecule has 1 heterocycles. The third-order valence-corrected chi connectivity index (χ3v) is 7.61. The van der Waals surface area contributed by atoms with Gasteiger partial charge in [0.1, 0.15) is 0 Å². The molecule has 1 saturated heterocycles. The number of carbonyl (C=O) groups excluding carboxylic acids is 1. The van der Waals surface area contributed by atoms with E-state index in [0.717, 1.165) is 19.0 Å². The lowest BCUT2D eigenvalue weighted by Crippen LogP contribution is -2.57. The van der Waals surface area contributed by atoms with Gasteiger partial charge >= 0.3 is 0 Å². The molecule has 1 N–H and O–H groups in total. The number of hydrogen-bond donors (Lipinski definition) is 1. The van der Waals surface area contributed by atoms with Crippen molar-refractivity contribution < 1.29 is 4.79 Å². The van der Waals surface area contributed by atoms with Crippen molar-refractivity contribution >= 4 is 40.9 Å². The molecule has 0 aromatic heterocycles. The summed E-state index contributed by atoms with van der Waals surface area (Å²) in [6.07, 6.45) is 7.53. The topological polar surface area (TPSA) is 32.3 Å². The van der Waals surface area contributed by atoms with E-state index in [2.05, 4.69) is 28.9 Å². The van der Waals surface area contributed by atoms with E-state index < -0.39 is 0 Å². The molecule has 0 bridgehead atoms. The molecular weight excluding hydrogens is 399 g/mol. The lowest BCUT2D eigenvalue weighted by Gasteiger charge is -2.46. The highest BCUT2D eigenvalue weighted by Gasteiger charge is 2.39. The number of halogens is 2. The highest BCUT2D eigenvalue weighted by atomic mass is 35.5. The molecule has 3 nitrogen and oxygen atoms in total. The fourth-order valence-electron chi connectivity index (χ4n) is 4.16. The molecule has 1 aromatic carbocycles. The summed E-state index contributed by atoms with van der Waals surface area (Å²) in [6, 6.07) is 5.08. The maximum Gasteiger partial charge on any atom is 0.254 e. The van der Waals surface area contributed by atoms with Crippen LogP contribution in [0.2, 0.25) is 10.0 Å². The number of nitrogens with one attached hydrogen (secondary N) is 1. The van der Waals surface area contributed by atoms with Gasteiger partial charge in [-0.1, -0.05) is 36.5 Å². The first kappa shape index (κ1) is 21.3. The summed E-state index contributed by atoms with van der Waals surface area (Å²) in [4.78, 5) is 15.4. The van der Waals surface area contributed by atoms with Gasteiger partial charge in [0.15, 0.2) is 0 Å². The molecular formula is C21H30Cl2N2OS. The first-order valence-corrected chi connectivity index (χ1v) is 12.1. The van der Waals surface area contributed by atoms with Gasteiger partial charge in [-0.3, -0.25) is 9.69 Å². The summed E-state index contributed by atoms with van der Waals surface area (Å²) in [5, 5.41) is 4.27. The van der Waals surface area contributed by atoms with Gasteiger partial charge in [-0.2, -0.15) is 11.8 Å². The number of amides is 1. The molecule has 2 aliphatic rings. The minimum atomic E-state index is -0.0870. The van der Waals surface area contributed by atoms with Gasteiger partial charge in [-0.25, -0.2) is 0 Å². The molecule has 3 rings (SSSR count). The molecule has 0 spiro atoms. The molecule has 2 fully saturated rings. The lowest BCUT2D eigenvalue weighted by molar-refractivity contribution is 0.0300. The molecule has 150 valence electrons. The Hall–Kier alpha value is -0.420. The quantitative estimate of drug-likeness (QED) is 0.538. The SMILES string of the molecule is CCCSCC1CC(C(NC(=O)c2ccc(Cl)cc2Cl)N2CCCCC2)C1. The van der Waals surface area contributed by atoms with Gasteiger partial charge in [0.2, 0.25) is 0 Å². The van der Waals surface area contributed by atoms with Crippen LogP contribution in [0.3, 0.4) is 0 Å². The van der Waals surface area contributed by atoms with E-state index in [-0.39, 0.29) is 12.1 Å². The summed E-state index contributed by atoms with van der Waals surface area (Å²) in [5.41, 5.74) is 0.512. The van der Waals surface area contributed by atoms with Crippen molar-refractivity contribution in [2.45, 2.75) is 51.6 Å². The van der Waals surface area contributed by atoms with Gasteiger partial charge in [-0.05, 0) is 73.6 Å². The van der Waals surface area contributed by atoms with Crippen LogP contribution in [-0.4, -0.2) is 41.6 Å². The fourth-order valence-corrected chi connectivity index (χ4v) is 5.72. The van der Waals surface area contributed by atoms with Crippen LogP contribution in [0.4, 0.5) is 0 Å². The minimum Gasteiger partial charge on any atom is -0.336 e. The first-order valence-electron chi connectivity index (χ1n) is 10.2. The van der Waals surface area contributed by atoms with E-state index in [1.165, 1.54) is 50.0 Å². The van der Waals surface area contributed by atoms with Crippen LogP contribution in [0.5, 0.6) is 0 Å². The maximum absolute atomic E-state index is 12.9. The Bertz CT molecular complexity index is 631. The Morgan fingerprint density at radius 3 is 2.67 bits per heavy atom. The number of nitrogens with zero attached hydrogens (tertiary/aromatic N) is 1. The monoisotopic (exact) mass is 428 g/mol. The fraction of sp³-hybridized carbons (Fsp3) is 0.667. The Labute approximate surface area is 177 Å². The average Bonchev–Trinajstić information content (AvgIpc) is 2.63. The predicted octanol–water partition coefficient (Wildman–Crippen LogP) is 5.70. The second-order valence-electron chi connectivity index (χ2n) is 7.81. The van der Waals surface area contributed by atoms with E-state index in [1.54, 1.807) is 18.2 Å². The van der Waals surface area contributed by atoms with Crippen LogP contribution in [0, 0.1) is 11.8 Å². The Balaban J connectivity index is 1.63. The third kappa shape index (κ3) is 5.79. The molecule has 1 saturated carbocycles. The van der Waals surface area contributed by atoms with E-state index in [4.69, 9.17) is 23.2 Å². The Kier molecular flexibility index (Phi) is 8.19.